The van der Waals surface area contributed by atoms with Crippen LogP contribution in [0.4, 0.5) is 0 Å². The molecule has 0 aromatic heterocycles. The van der Waals surface area contributed by atoms with Gasteiger partial charge >= 0.3 is 0 Å². The van der Waals surface area contributed by atoms with E-state index in [1.807, 2.05) is 18.2 Å². The molecule has 0 radical (unpaired) electrons. The van der Waals surface area contributed by atoms with Crippen molar-refractivity contribution in [3.63, 3.8) is 0 Å². The molecule has 0 bridgehead atoms. The number of halogens is 1. The van der Waals surface area contributed by atoms with Crippen molar-refractivity contribution in [3.8, 4) is 6.07 Å². The Morgan fingerprint density at radius 1 is 1.36 bits per heavy atom. The number of benzene rings is 1. The first kappa shape index (κ1) is 16.9. The molecule has 118 valence electrons. The maximum absolute atomic E-state index is 12.6. The van der Waals surface area contributed by atoms with Crippen LogP contribution in [0.15, 0.2) is 28.7 Å². The Morgan fingerprint density at radius 3 is 2.82 bits per heavy atom. The van der Waals surface area contributed by atoms with Gasteiger partial charge in [0.05, 0.1) is 25.7 Å². The van der Waals surface area contributed by atoms with Gasteiger partial charge in [-0.25, -0.2) is 0 Å². The van der Waals surface area contributed by atoms with Crippen LogP contribution in [-0.4, -0.2) is 61.6 Å². The summed E-state index contributed by atoms with van der Waals surface area (Å²) in [5.41, 5.74) is 0.647. The van der Waals surface area contributed by atoms with Crippen LogP contribution < -0.4 is 0 Å². The van der Waals surface area contributed by atoms with Gasteiger partial charge in [-0.15, -0.1) is 0 Å². The zero-order chi connectivity index (χ0) is 15.8. The molecule has 6 heteroatoms. The van der Waals surface area contributed by atoms with E-state index >= 15 is 0 Å². The highest BCUT2D eigenvalue weighted by Crippen LogP contribution is 2.14. The summed E-state index contributed by atoms with van der Waals surface area (Å²) in [7, 11) is 0. The Kier molecular flexibility index (Phi) is 6.84. The highest BCUT2D eigenvalue weighted by atomic mass is 79.9. The van der Waals surface area contributed by atoms with Crippen molar-refractivity contribution in [3.05, 3.63) is 34.3 Å². The molecule has 0 spiro atoms. The second kappa shape index (κ2) is 8.89. The fraction of sp³-hybridized carbons (Fsp3) is 0.500. The first-order valence-electron chi connectivity index (χ1n) is 7.42. The maximum atomic E-state index is 12.6. The van der Waals surface area contributed by atoms with Crippen molar-refractivity contribution in [1.29, 1.82) is 5.26 Å². The second-order valence-electron chi connectivity index (χ2n) is 5.16. The van der Waals surface area contributed by atoms with Gasteiger partial charge in [0.25, 0.3) is 5.91 Å². The Labute approximate surface area is 139 Å². The van der Waals surface area contributed by atoms with E-state index in [-0.39, 0.29) is 5.91 Å². The van der Waals surface area contributed by atoms with Crippen molar-refractivity contribution >= 4 is 21.8 Å². The number of hydrogen-bond donors (Lipinski definition) is 0. The van der Waals surface area contributed by atoms with E-state index in [0.29, 0.717) is 25.1 Å². The SMILES string of the molecule is N#CCCN(CCN1CCOCC1)C(=O)c1cccc(Br)c1. The van der Waals surface area contributed by atoms with Gasteiger partial charge in [-0.1, -0.05) is 22.0 Å². The predicted molar refractivity (Wildman–Crippen MR) is 87.5 cm³/mol. The van der Waals surface area contributed by atoms with Gasteiger partial charge in [0.15, 0.2) is 0 Å². The molecule has 1 amide bonds. The van der Waals surface area contributed by atoms with Crippen LogP contribution in [0, 0.1) is 11.3 Å². The number of amides is 1. The summed E-state index contributed by atoms with van der Waals surface area (Å²) in [6.07, 6.45) is 0.350. The van der Waals surface area contributed by atoms with Gasteiger partial charge in [-0.3, -0.25) is 9.69 Å². The Bertz CT molecular complexity index is 538. The third-order valence-corrected chi connectivity index (χ3v) is 4.14. The quantitative estimate of drug-likeness (QED) is 0.774. The molecule has 2 rings (SSSR count). The molecule has 5 nitrogen and oxygen atoms in total. The average molecular weight is 366 g/mol. The van der Waals surface area contributed by atoms with Crippen LogP contribution in [0.25, 0.3) is 0 Å². The lowest BCUT2D eigenvalue weighted by Gasteiger charge is -2.30. The second-order valence-corrected chi connectivity index (χ2v) is 6.08. The number of ether oxygens (including phenoxy) is 1. The smallest absolute Gasteiger partial charge is 0.253 e. The monoisotopic (exact) mass is 365 g/mol. The Hall–Kier alpha value is -1.42. The van der Waals surface area contributed by atoms with E-state index in [4.69, 9.17) is 10.00 Å². The largest absolute Gasteiger partial charge is 0.379 e. The molecule has 0 saturated carbocycles. The molecule has 0 atom stereocenters. The van der Waals surface area contributed by atoms with Gasteiger partial charge in [0.2, 0.25) is 0 Å². The van der Waals surface area contributed by atoms with E-state index in [1.165, 1.54) is 0 Å². The molecule has 22 heavy (non-hydrogen) atoms. The van der Waals surface area contributed by atoms with Crippen molar-refractivity contribution in [2.75, 3.05) is 45.9 Å². The zero-order valence-electron chi connectivity index (χ0n) is 12.5. The highest BCUT2D eigenvalue weighted by Gasteiger charge is 2.18. The normalized spacial score (nSPS) is 15.3. The maximum Gasteiger partial charge on any atom is 0.253 e. The molecule has 1 fully saturated rings. The Morgan fingerprint density at radius 2 is 2.14 bits per heavy atom. The summed E-state index contributed by atoms with van der Waals surface area (Å²) >= 11 is 3.39. The first-order chi connectivity index (χ1) is 10.7. The first-order valence-corrected chi connectivity index (χ1v) is 8.22. The third kappa shape index (κ3) is 5.09. The fourth-order valence-electron chi connectivity index (χ4n) is 2.39. The van der Waals surface area contributed by atoms with E-state index < -0.39 is 0 Å². The average Bonchev–Trinajstić information content (AvgIpc) is 2.55. The van der Waals surface area contributed by atoms with Gasteiger partial charge in [0.1, 0.15) is 0 Å². The van der Waals surface area contributed by atoms with Crippen LogP contribution >= 0.6 is 15.9 Å². The lowest BCUT2D eigenvalue weighted by Crippen LogP contribution is -2.43. The summed E-state index contributed by atoms with van der Waals surface area (Å²) in [4.78, 5) is 16.7. The number of morpholine rings is 1. The van der Waals surface area contributed by atoms with Crippen LogP contribution in [-0.2, 0) is 4.74 Å². The zero-order valence-corrected chi connectivity index (χ0v) is 14.1. The van der Waals surface area contributed by atoms with Crippen LogP contribution in [0.1, 0.15) is 16.8 Å². The summed E-state index contributed by atoms with van der Waals surface area (Å²) in [5, 5.41) is 8.81. The van der Waals surface area contributed by atoms with Crippen molar-refractivity contribution in [2.45, 2.75) is 6.42 Å². The van der Waals surface area contributed by atoms with E-state index in [9.17, 15) is 4.79 Å². The van der Waals surface area contributed by atoms with Gasteiger partial charge in [0, 0.05) is 42.8 Å². The minimum Gasteiger partial charge on any atom is -0.379 e. The lowest BCUT2D eigenvalue weighted by molar-refractivity contribution is 0.0326. The molecular weight excluding hydrogens is 346 g/mol. The molecule has 1 saturated heterocycles. The number of carbonyl (C=O) groups excluding carboxylic acids is 1. The standard InChI is InChI=1S/C16H20BrN3O2/c17-15-4-1-3-14(13-15)16(21)20(6-2-5-18)8-7-19-9-11-22-12-10-19/h1,3-4,13H,2,6-12H2. The van der Waals surface area contributed by atoms with Crippen LogP contribution in [0.3, 0.4) is 0 Å². The number of nitriles is 1. The fourth-order valence-corrected chi connectivity index (χ4v) is 2.79. The summed E-state index contributed by atoms with van der Waals surface area (Å²) < 4.78 is 6.21. The molecule has 1 aromatic rings. The van der Waals surface area contributed by atoms with Crippen molar-refractivity contribution in [2.24, 2.45) is 0 Å². The van der Waals surface area contributed by atoms with Gasteiger partial charge < -0.3 is 9.64 Å². The summed E-state index contributed by atoms with van der Waals surface area (Å²) in [6.45, 7) is 5.21. The summed E-state index contributed by atoms with van der Waals surface area (Å²) in [5.74, 6) is -0.0233. The molecular formula is C16H20BrN3O2. The van der Waals surface area contributed by atoms with Crippen LogP contribution in [0.5, 0.6) is 0 Å². The molecule has 1 heterocycles. The molecule has 0 unspecified atom stereocenters. The van der Waals surface area contributed by atoms with E-state index in [1.54, 1.807) is 11.0 Å². The lowest BCUT2D eigenvalue weighted by atomic mass is 10.2. The third-order valence-electron chi connectivity index (χ3n) is 3.64. The molecule has 1 aromatic carbocycles. The Balaban J connectivity index is 1.98. The molecule has 0 aliphatic carbocycles. The summed E-state index contributed by atoms with van der Waals surface area (Å²) in [6, 6.07) is 9.48. The highest BCUT2D eigenvalue weighted by molar-refractivity contribution is 9.10. The number of hydrogen-bond acceptors (Lipinski definition) is 4. The minimum atomic E-state index is -0.0233. The van der Waals surface area contributed by atoms with E-state index in [2.05, 4.69) is 26.9 Å². The minimum absolute atomic E-state index is 0.0233. The molecule has 1 aliphatic heterocycles. The van der Waals surface area contributed by atoms with Gasteiger partial charge in [-0.2, -0.15) is 5.26 Å². The van der Waals surface area contributed by atoms with Crippen LogP contribution in [0.2, 0.25) is 0 Å². The number of rotatable bonds is 6. The predicted octanol–water partition coefficient (Wildman–Crippen LogP) is 2.14. The van der Waals surface area contributed by atoms with Crippen molar-refractivity contribution in [1.82, 2.24) is 9.80 Å². The topological polar surface area (TPSA) is 56.6 Å². The molecule has 1 aliphatic rings. The number of nitrogens with zero attached hydrogens (tertiary/aromatic N) is 3. The molecule has 0 N–H and O–H groups in total. The van der Waals surface area contributed by atoms with Crippen molar-refractivity contribution < 1.29 is 9.53 Å². The van der Waals surface area contributed by atoms with Gasteiger partial charge in [-0.05, 0) is 18.2 Å². The number of carbonyl (C=O) groups is 1. The van der Waals surface area contributed by atoms with E-state index in [0.717, 1.165) is 37.3 Å².